The molecule has 0 amide bonds. The van der Waals surface area contributed by atoms with Crippen LogP contribution in [-0.2, 0) is 5.33 Å². The lowest BCUT2D eigenvalue weighted by atomic mass is 10.2. The fraction of sp³-hybridized carbons (Fsp3) is 0.250. The van der Waals surface area contributed by atoms with Gasteiger partial charge in [-0.15, -0.1) is 0 Å². The standard InChI is InChI=1S/C8H7Br2I/c1-5-2-7(10)3-6(4-9)8(5)11/h2-3H,4H2,1H3. The minimum Gasteiger partial charge on any atom is -0.0876 e. The van der Waals surface area contributed by atoms with Crippen LogP contribution in [-0.4, -0.2) is 0 Å². The zero-order valence-electron chi connectivity index (χ0n) is 6.00. The Balaban J connectivity index is 3.24. The molecule has 0 fully saturated rings. The second kappa shape index (κ2) is 4.23. The van der Waals surface area contributed by atoms with Crippen molar-refractivity contribution in [3.63, 3.8) is 0 Å². The molecule has 0 heterocycles. The quantitative estimate of drug-likeness (QED) is 0.497. The Labute approximate surface area is 97.2 Å². The summed E-state index contributed by atoms with van der Waals surface area (Å²) in [6.07, 6.45) is 0. The molecule has 0 atom stereocenters. The van der Waals surface area contributed by atoms with Crippen molar-refractivity contribution in [1.82, 2.24) is 0 Å². The van der Waals surface area contributed by atoms with Gasteiger partial charge in [-0.2, -0.15) is 0 Å². The molecule has 0 spiro atoms. The third kappa shape index (κ3) is 2.42. The van der Waals surface area contributed by atoms with Gasteiger partial charge in [-0.3, -0.25) is 0 Å². The SMILES string of the molecule is Cc1cc(Br)cc(CBr)c1I. The van der Waals surface area contributed by atoms with Gasteiger partial charge in [-0.05, 0) is 52.8 Å². The van der Waals surface area contributed by atoms with E-state index in [4.69, 9.17) is 0 Å². The van der Waals surface area contributed by atoms with Crippen molar-refractivity contribution in [2.24, 2.45) is 0 Å². The normalized spacial score (nSPS) is 10.2. The van der Waals surface area contributed by atoms with Crippen molar-refractivity contribution in [2.45, 2.75) is 12.3 Å². The van der Waals surface area contributed by atoms with Gasteiger partial charge in [0.05, 0.1) is 0 Å². The smallest absolute Gasteiger partial charge is 0.0294 e. The summed E-state index contributed by atoms with van der Waals surface area (Å²) in [5, 5.41) is 0.922. The molecule has 1 rings (SSSR count). The van der Waals surface area contributed by atoms with Crippen LogP contribution in [0.3, 0.4) is 0 Å². The van der Waals surface area contributed by atoms with Crippen molar-refractivity contribution in [3.8, 4) is 0 Å². The van der Waals surface area contributed by atoms with Crippen LogP contribution in [0.25, 0.3) is 0 Å². The molecule has 60 valence electrons. The highest BCUT2D eigenvalue weighted by Crippen LogP contribution is 2.24. The van der Waals surface area contributed by atoms with E-state index in [1.54, 1.807) is 0 Å². The summed E-state index contributed by atoms with van der Waals surface area (Å²) in [7, 11) is 0. The van der Waals surface area contributed by atoms with Crippen molar-refractivity contribution in [1.29, 1.82) is 0 Å². The molecular weight excluding hydrogens is 383 g/mol. The first-order valence-electron chi connectivity index (χ1n) is 3.15. The average Bonchev–Trinajstić information content (AvgIpc) is 1.96. The first-order valence-corrected chi connectivity index (χ1v) is 6.15. The maximum atomic E-state index is 3.46. The number of aryl methyl sites for hydroxylation is 1. The van der Waals surface area contributed by atoms with Crippen LogP contribution < -0.4 is 0 Å². The number of hydrogen-bond acceptors (Lipinski definition) is 0. The van der Waals surface area contributed by atoms with Crippen LogP contribution in [0.5, 0.6) is 0 Å². The minimum atomic E-state index is 0.922. The molecule has 0 bridgehead atoms. The highest BCUT2D eigenvalue weighted by atomic mass is 127. The molecule has 0 aliphatic carbocycles. The van der Waals surface area contributed by atoms with Crippen LogP contribution in [0.15, 0.2) is 16.6 Å². The van der Waals surface area contributed by atoms with Gasteiger partial charge in [0.25, 0.3) is 0 Å². The van der Waals surface area contributed by atoms with Crippen LogP contribution in [0.1, 0.15) is 11.1 Å². The van der Waals surface area contributed by atoms with Crippen LogP contribution in [0.2, 0.25) is 0 Å². The van der Waals surface area contributed by atoms with Gasteiger partial charge in [0.2, 0.25) is 0 Å². The van der Waals surface area contributed by atoms with E-state index in [-0.39, 0.29) is 0 Å². The van der Waals surface area contributed by atoms with Gasteiger partial charge >= 0.3 is 0 Å². The van der Waals surface area contributed by atoms with Crippen molar-refractivity contribution in [2.75, 3.05) is 0 Å². The predicted molar refractivity (Wildman–Crippen MR) is 64.2 cm³/mol. The zero-order chi connectivity index (χ0) is 8.43. The van der Waals surface area contributed by atoms with E-state index in [2.05, 4.69) is 73.5 Å². The zero-order valence-corrected chi connectivity index (χ0v) is 11.3. The molecule has 1 aromatic rings. The van der Waals surface area contributed by atoms with Crippen molar-refractivity contribution >= 4 is 54.5 Å². The van der Waals surface area contributed by atoms with E-state index < -0.39 is 0 Å². The van der Waals surface area contributed by atoms with E-state index in [1.807, 2.05) is 0 Å². The maximum absolute atomic E-state index is 3.46. The maximum Gasteiger partial charge on any atom is 0.0294 e. The van der Waals surface area contributed by atoms with Gasteiger partial charge in [0, 0.05) is 13.4 Å². The van der Waals surface area contributed by atoms with Crippen molar-refractivity contribution < 1.29 is 0 Å². The predicted octanol–water partition coefficient (Wildman–Crippen LogP) is 4.26. The highest BCUT2D eigenvalue weighted by Gasteiger charge is 2.02. The molecule has 0 nitrogen and oxygen atoms in total. The second-order valence-electron chi connectivity index (χ2n) is 2.33. The molecule has 0 unspecified atom stereocenters. The Bertz CT molecular complexity index is 271. The summed E-state index contributed by atoms with van der Waals surface area (Å²) in [6, 6.07) is 4.28. The number of halogens is 3. The Morgan fingerprint density at radius 2 is 2.09 bits per heavy atom. The van der Waals surface area contributed by atoms with Gasteiger partial charge in [0.1, 0.15) is 0 Å². The molecule has 0 radical (unpaired) electrons. The van der Waals surface area contributed by atoms with Gasteiger partial charge < -0.3 is 0 Å². The summed E-state index contributed by atoms with van der Waals surface area (Å²) >= 11 is 9.29. The fourth-order valence-electron chi connectivity index (χ4n) is 0.892. The second-order valence-corrected chi connectivity index (χ2v) is 4.88. The van der Waals surface area contributed by atoms with Gasteiger partial charge in [-0.25, -0.2) is 0 Å². The Kier molecular flexibility index (Phi) is 3.85. The Morgan fingerprint density at radius 3 is 2.64 bits per heavy atom. The molecule has 0 aliphatic rings. The van der Waals surface area contributed by atoms with E-state index in [0.29, 0.717) is 0 Å². The summed E-state index contributed by atoms with van der Waals surface area (Å²) in [6.45, 7) is 2.12. The average molecular weight is 390 g/mol. The van der Waals surface area contributed by atoms with Crippen LogP contribution in [0, 0.1) is 10.5 Å². The lowest BCUT2D eigenvalue weighted by Crippen LogP contribution is -1.88. The lowest BCUT2D eigenvalue weighted by molar-refractivity contribution is 1.31. The highest BCUT2D eigenvalue weighted by molar-refractivity contribution is 14.1. The largest absolute Gasteiger partial charge is 0.0876 e. The third-order valence-corrected chi connectivity index (χ3v) is 4.04. The monoisotopic (exact) mass is 388 g/mol. The molecule has 0 aromatic heterocycles. The number of hydrogen-bond donors (Lipinski definition) is 0. The third-order valence-electron chi connectivity index (χ3n) is 1.44. The Hall–Kier alpha value is 0.910. The molecule has 0 N–H and O–H groups in total. The molecule has 0 saturated heterocycles. The summed E-state index contributed by atoms with van der Waals surface area (Å²) in [4.78, 5) is 0. The molecule has 0 aliphatic heterocycles. The topological polar surface area (TPSA) is 0 Å². The minimum absolute atomic E-state index is 0.922. The van der Waals surface area contributed by atoms with E-state index in [1.165, 1.54) is 14.7 Å². The van der Waals surface area contributed by atoms with Gasteiger partial charge in [0.15, 0.2) is 0 Å². The van der Waals surface area contributed by atoms with E-state index in [0.717, 1.165) is 9.80 Å². The fourth-order valence-corrected chi connectivity index (χ4v) is 2.98. The van der Waals surface area contributed by atoms with Crippen LogP contribution >= 0.6 is 54.5 Å². The number of rotatable bonds is 1. The summed E-state index contributed by atoms with van der Waals surface area (Å²) in [5.41, 5.74) is 2.67. The number of benzene rings is 1. The summed E-state index contributed by atoms with van der Waals surface area (Å²) < 4.78 is 2.51. The van der Waals surface area contributed by atoms with E-state index in [9.17, 15) is 0 Å². The molecule has 3 heteroatoms. The Morgan fingerprint density at radius 1 is 1.45 bits per heavy atom. The van der Waals surface area contributed by atoms with Crippen LogP contribution in [0.4, 0.5) is 0 Å². The molecular formula is C8H7Br2I. The first-order chi connectivity index (χ1) is 5.15. The molecule has 0 saturated carbocycles. The van der Waals surface area contributed by atoms with Gasteiger partial charge in [-0.1, -0.05) is 31.9 Å². The molecule has 11 heavy (non-hydrogen) atoms. The first kappa shape index (κ1) is 9.99. The number of alkyl halides is 1. The van der Waals surface area contributed by atoms with E-state index >= 15 is 0 Å². The summed E-state index contributed by atoms with van der Waals surface area (Å²) in [5.74, 6) is 0. The lowest BCUT2D eigenvalue weighted by Gasteiger charge is -2.04. The molecule has 1 aromatic carbocycles. The van der Waals surface area contributed by atoms with Crippen molar-refractivity contribution in [3.05, 3.63) is 31.3 Å².